The maximum atomic E-state index is 11.5. The highest BCUT2D eigenvalue weighted by molar-refractivity contribution is 5.91. The maximum Gasteiger partial charge on any atom is 0.250 e. The molecule has 1 N–H and O–H groups in total. The summed E-state index contributed by atoms with van der Waals surface area (Å²) in [6.07, 6.45) is 1.58. The molecule has 0 bridgehead atoms. The molecular formula is C15H16N2O3. The minimum atomic E-state index is -0.205. The Morgan fingerprint density at radius 3 is 2.80 bits per heavy atom. The third-order valence-electron chi connectivity index (χ3n) is 2.42. The molecule has 1 amide bonds. The number of nitrogens with one attached hydrogen (secondary N) is 1. The zero-order valence-corrected chi connectivity index (χ0v) is 11.2. The maximum absolute atomic E-state index is 11.5. The summed E-state index contributed by atoms with van der Waals surface area (Å²) in [6, 6.07) is 12.7. The van der Waals surface area contributed by atoms with Crippen molar-refractivity contribution >= 4 is 11.6 Å². The van der Waals surface area contributed by atoms with E-state index in [1.165, 1.54) is 0 Å². The van der Waals surface area contributed by atoms with Gasteiger partial charge in [-0.3, -0.25) is 4.79 Å². The van der Waals surface area contributed by atoms with Gasteiger partial charge in [0.05, 0.1) is 0 Å². The normalized spacial score (nSPS) is 10.1. The highest BCUT2D eigenvalue weighted by Gasteiger charge is 2.04. The number of benzene rings is 1. The van der Waals surface area contributed by atoms with E-state index in [9.17, 15) is 4.79 Å². The van der Waals surface area contributed by atoms with Crippen molar-refractivity contribution < 1.29 is 14.3 Å². The van der Waals surface area contributed by atoms with Crippen LogP contribution < -0.4 is 10.1 Å². The van der Waals surface area contributed by atoms with Gasteiger partial charge in [-0.05, 0) is 25.1 Å². The second kappa shape index (κ2) is 7.25. The van der Waals surface area contributed by atoms with Crippen molar-refractivity contribution in [1.29, 1.82) is 0 Å². The highest BCUT2D eigenvalue weighted by atomic mass is 16.5. The first-order valence-electron chi connectivity index (χ1n) is 6.34. The molecule has 0 aliphatic heterocycles. The number of aromatic nitrogens is 1. The van der Waals surface area contributed by atoms with Crippen molar-refractivity contribution in [2.75, 3.05) is 18.5 Å². The molecule has 0 atom stereocenters. The van der Waals surface area contributed by atoms with Crippen molar-refractivity contribution in [3.63, 3.8) is 0 Å². The SMILES string of the molecule is CCOCC(=O)Nc1ccnc(Oc2ccccc2)c1. The molecule has 1 aromatic carbocycles. The Labute approximate surface area is 117 Å². The lowest BCUT2D eigenvalue weighted by Gasteiger charge is -2.08. The molecular weight excluding hydrogens is 256 g/mol. The van der Waals surface area contributed by atoms with Gasteiger partial charge in [0.2, 0.25) is 11.8 Å². The van der Waals surface area contributed by atoms with Crippen molar-refractivity contribution in [3.8, 4) is 11.6 Å². The summed E-state index contributed by atoms with van der Waals surface area (Å²) in [5.41, 5.74) is 0.621. The number of carbonyl (C=O) groups is 1. The summed E-state index contributed by atoms with van der Waals surface area (Å²) in [6.45, 7) is 2.38. The number of hydrogen-bond acceptors (Lipinski definition) is 4. The molecule has 0 radical (unpaired) electrons. The van der Waals surface area contributed by atoms with Crippen molar-refractivity contribution in [3.05, 3.63) is 48.7 Å². The highest BCUT2D eigenvalue weighted by Crippen LogP contribution is 2.21. The van der Waals surface area contributed by atoms with Crippen LogP contribution in [0.1, 0.15) is 6.92 Å². The van der Waals surface area contributed by atoms with Gasteiger partial charge >= 0.3 is 0 Å². The van der Waals surface area contributed by atoms with E-state index in [1.54, 1.807) is 18.3 Å². The fraction of sp³-hybridized carbons (Fsp3) is 0.200. The monoisotopic (exact) mass is 272 g/mol. The molecule has 2 rings (SSSR count). The fourth-order valence-corrected chi connectivity index (χ4v) is 1.54. The van der Waals surface area contributed by atoms with Crippen molar-refractivity contribution in [2.45, 2.75) is 6.92 Å². The molecule has 5 nitrogen and oxygen atoms in total. The molecule has 20 heavy (non-hydrogen) atoms. The van der Waals surface area contributed by atoms with Crippen LogP contribution in [-0.2, 0) is 9.53 Å². The minimum Gasteiger partial charge on any atom is -0.439 e. The third kappa shape index (κ3) is 4.37. The Kier molecular flexibility index (Phi) is 5.08. The lowest BCUT2D eigenvalue weighted by molar-refractivity contribution is -0.120. The van der Waals surface area contributed by atoms with Gasteiger partial charge in [-0.25, -0.2) is 4.98 Å². The number of anilines is 1. The van der Waals surface area contributed by atoms with Crippen LogP contribution in [0, 0.1) is 0 Å². The largest absolute Gasteiger partial charge is 0.439 e. The van der Waals surface area contributed by atoms with Crippen LogP contribution in [0.2, 0.25) is 0 Å². The van der Waals surface area contributed by atoms with E-state index in [2.05, 4.69) is 10.3 Å². The van der Waals surface area contributed by atoms with Crippen LogP contribution in [0.5, 0.6) is 11.6 Å². The van der Waals surface area contributed by atoms with Gasteiger partial charge in [0.25, 0.3) is 0 Å². The van der Waals surface area contributed by atoms with E-state index in [0.717, 1.165) is 0 Å². The van der Waals surface area contributed by atoms with E-state index in [0.29, 0.717) is 23.9 Å². The molecule has 104 valence electrons. The van der Waals surface area contributed by atoms with E-state index >= 15 is 0 Å². The minimum absolute atomic E-state index is 0.0354. The molecule has 0 saturated heterocycles. The van der Waals surface area contributed by atoms with E-state index < -0.39 is 0 Å². The van der Waals surface area contributed by atoms with Gasteiger partial charge in [-0.2, -0.15) is 0 Å². The molecule has 0 unspecified atom stereocenters. The summed E-state index contributed by atoms with van der Waals surface area (Å²) in [5.74, 6) is 0.909. The Morgan fingerprint density at radius 1 is 1.25 bits per heavy atom. The second-order valence-corrected chi connectivity index (χ2v) is 3.98. The van der Waals surface area contributed by atoms with Crippen molar-refractivity contribution in [1.82, 2.24) is 4.98 Å². The predicted molar refractivity (Wildman–Crippen MR) is 75.9 cm³/mol. The number of pyridine rings is 1. The van der Waals surface area contributed by atoms with Crippen LogP contribution in [0.15, 0.2) is 48.7 Å². The Balaban J connectivity index is 1.99. The summed E-state index contributed by atoms with van der Waals surface area (Å²) >= 11 is 0. The Bertz CT molecular complexity index is 558. The second-order valence-electron chi connectivity index (χ2n) is 3.98. The molecule has 5 heteroatoms. The standard InChI is InChI=1S/C15H16N2O3/c1-2-19-11-14(18)17-12-8-9-16-15(10-12)20-13-6-4-3-5-7-13/h3-10H,2,11H2,1H3,(H,16,17,18). The van der Waals surface area contributed by atoms with Gasteiger partial charge in [-0.15, -0.1) is 0 Å². The zero-order chi connectivity index (χ0) is 14.2. The first kappa shape index (κ1) is 14.0. The van der Waals surface area contributed by atoms with Crippen LogP contribution in [-0.4, -0.2) is 24.1 Å². The fourth-order valence-electron chi connectivity index (χ4n) is 1.54. The van der Waals surface area contributed by atoms with Gasteiger partial charge < -0.3 is 14.8 Å². The lowest BCUT2D eigenvalue weighted by Crippen LogP contribution is -2.18. The topological polar surface area (TPSA) is 60.5 Å². The summed E-state index contributed by atoms with van der Waals surface area (Å²) < 4.78 is 10.6. The van der Waals surface area contributed by atoms with Gasteiger partial charge in [0.1, 0.15) is 12.4 Å². The average molecular weight is 272 g/mol. The molecule has 2 aromatic rings. The summed E-state index contributed by atoms with van der Waals surface area (Å²) in [7, 11) is 0. The number of carbonyl (C=O) groups excluding carboxylic acids is 1. The first-order valence-corrected chi connectivity index (χ1v) is 6.34. The lowest BCUT2D eigenvalue weighted by atomic mass is 10.3. The number of amides is 1. The molecule has 0 aliphatic rings. The number of hydrogen-bond donors (Lipinski definition) is 1. The number of ether oxygens (including phenoxy) is 2. The number of nitrogens with zero attached hydrogens (tertiary/aromatic N) is 1. The summed E-state index contributed by atoms with van der Waals surface area (Å²) in [4.78, 5) is 15.6. The van der Waals surface area contributed by atoms with Crippen LogP contribution >= 0.6 is 0 Å². The molecule has 0 saturated carbocycles. The van der Waals surface area contributed by atoms with E-state index in [-0.39, 0.29) is 12.5 Å². The average Bonchev–Trinajstić information content (AvgIpc) is 2.46. The Morgan fingerprint density at radius 2 is 2.05 bits per heavy atom. The molecule has 1 aromatic heterocycles. The first-order chi connectivity index (χ1) is 9.78. The van der Waals surface area contributed by atoms with Crippen LogP contribution in [0.25, 0.3) is 0 Å². The summed E-state index contributed by atoms with van der Waals surface area (Å²) in [5, 5.41) is 2.72. The molecule has 0 spiro atoms. The predicted octanol–water partition coefficient (Wildman–Crippen LogP) is 2.85. The number of rotatable bonds is 6. The van der Waals surface area contributed by atoms with E-state index in [4.69, 9.17) is 9.47 Å². The van der Waals surface area contributed by atoms with Crippen LogP contribution in [0.4, 0.5) is 5.69 Å². The van der Waals surface area contributed by atoms with E-state index in [1.807, 2.05) is 37.3 Å². The molecule has 0 fully saturated rings. The van der Waals surface area contributed by atoms with Gasteiger partial charge in [0, 0.05) is 24.6 Å². The third-order valence-corrected chi connectivity index (χ3v) is 2.42. The quantitative estimate of drug-likeness (QED) is 0.878. The Hall–Kier alpha value is -2.40. The molecule has 0 aliphatic carbocycles. The smallest absolute Gasteiger partial charge is 0.250 e. The van der Waals surface area contributed by atoms with Gasteiger partial charge in [-0.1, -0.05) is 18.2 Å². The zero-order valence-electron chi connectivity index (χ0n) is 11.2. The molecule has 1 heterocycles. The number of para-hydroxylation sites is 1. The van der Waals surface area contributed by atoms with Gasteiger partial charge in [0.15, 0.2) is 0 Å². The van der Waals surface area contributed by atoms with Crippen LogP contribution in [0.3, 0.4) is 0 Å². The van der Waals surface area contributed by atoms with Crippen molar-refractivity contribution in [2.24, 2.45) is 0 Å².